The van der Waals surface area contributed by atoms with E-state index >= 15 is 0 Å². The van der Waals surface area contributed by atoms with Crippen LogP contribution in [0, 0.1) is 5.82 Å². The maximum absolute atomic E-state index is 13.1. The Morgan fingerprint density at radius 3 is 2.88 bits per heavy atom. The van der Waals surface area contributed by atoms with Gasteiger partial charge >= 0.3 is 0 Å². The summed E-state index contributed by atoms with van der Waals surface area (Å²) in [6.07, 6.45) is 0. The molecule has 1 N–H and O–H groups in total. The van der Waals surface area contributed by atoms with Gasteiger partial charge in [0.25, 0.3) is 0 Å². The second-order valence-corrected chi connectivity index (χ2v) is 3.61. The number of halogens is 1. The van der Waals surface area contributed by atoms with Crippen LogP contribution >= 0.6 is 0 Å². The summed E-state index contributed by atoms with van der Waals surface area (Å²) >= 11 is 0. The van der Waals surface area contributed by atoms with Crippen LogP contribution < -0.4 is 5.43 Å². The summed E-state index contributed by atoms with van der Waals surface area (Å²) in [4.78, 5) is 15.3. The summed E-state index contributed by atoms with van der Waals surface area (Å²) in [5.41, 5.74) is 0.768. The van der Waals surface area contributed by atoms with Crippen LogP contribution in [-0.4, -0.2) is 10.1 Å². The lowest BCUT2D eigenvalue weighted by molar-refractivity contribution is 0.432. The van der Waals surface area contributed by atoms with Crippen LogP contribution in [0.1, 0.15) is 0 Å². The molecule has 0 radical (unpaired) electrons. The zero-order chi connectivity index (χ0) is 12.0. The van der Waals surface area contributed by atoms with Gasteiger partial charge in [0.1, 0.15) is 11.2 Å². The Morgan fingerprint density at radius 1 is 1.24 bits per heavy atom. The fourth-order valence-electron chi connectivity index (χ4n) is 1.62. The van der Waals surface area contributed by atoms with Crippen molar-refractivity contribution in [2.75, 3.05) is 0 Å². The van der Waals surface area contributed by atoms with Crippen molar-refractivity contribution in [3.05, 3.63) is 46.4 Å². The molecule has 0 spiro atoms. The molecule has 1 heterocycles. The zero-order valence-corrected chi connectivity index (χ0v) is 8.48. The lowest BCUT2D eigenvalue weighted by atomic mass is 10.2. The molecule has 84 valence electrons. The second kappa shape index (κ2) is 3.28. The third-order valence-corrected chi connectivity index (χ3v) is 2.42. The smallest absolute Gasteiger partial charge is 0.182 e. The number of fused-ring (bicyclic) bond motifs is 2. The van der Waals surface area contributed by atoms with Gasteiger partial charge in [0.15, 0.2) is 28.3 Å². The molecule has 0 aromatic heterocycles. The van der Waals surface area contributed by atoms with Crippen molar-refractivity contribution >= 4 is 11.1 Å². The molecule has 0 fully saturated rings. The molecule has 0 bridgehead atoms. The summed E-state index contributed by atoms with van der Waals surface area (Å²) in [5, 5.41) is 9.22. The van der Waals surface area contributed by atoms with Gasteiger partial charge in [-0.2, -0.15) is 0 Å². The number of hydrogen-bond acceptors (Lipinski definition) is 4. The van der Waals surface area contributed by atoms with Gasteiger partial charge in [0, 0.05) is 18.2 Å². The fourth-order valence-corrected chi connectivity index (χ4v) is 1.62. The Hall–Kier alpha value is -2.43. The molecule has 4 nitrogen and oxygen atoms in total. The van der Waals surface area contributed by atoms with Crippen molar-refractivity contribution in [2.45, 2.75) is 0 Å². The molecule has 1 aliphatic carbocycles. The van der Waals surface area contributed by atoms with E-state index in [9.17, 15) is 14.3 Å². The Kier molecular flexibility index (Phi) is 1.89. The molecule has 1 aromatic carbocycles. The maximum atomic E-state index is 13.1. The van der Waals surface area contributed by atoms with Crippen LogP contribution in [0.15, 0.2) is 39.5 Å². The first-order chi connectivity index (χ1) is 8.13. The van der Waals surface area contributed by atoms with Gasteiger partial charge < -0.3 is 9.52 Å². The molecule has 0 saturated carbocycles. The van der Waals surface area contributed by atoms with Gasteiger partial charge in [-0.3, -0.25) is 4.79 Å². The van der Waals surface area contributed by atoms with Crippen LogP contribution in [0.5, 0.6) is 5.75 Å². The Morgan fingerprint density at radius 2 is 2.06 bits per heavy atom. The van der Waals surface area contributed by atoms with Crippen LogP contribution in [-0.2, 0) is 0 Å². The quantitative estimate of drug-likeness (QED) is 0.602. The first kappa shape index (κ1) is 9.77. The predicted molar refractivity (Wildman–Crippen MR) is 58.5 cm³/mol. The highest BCUT2D eigenvalue weighted by atomic mass is 19.1. The third kappa shape index (κ3) is 1.52. The largest absolute Gasteiger partial charge is 0.505 e. The summed E-state index contributed by atoms with van der Waals surface area (Å²) in [6, 6.07) is 6.37. The van der Waals surface area contributed by atoms with E-state index in [2.05, 4.69) is 4.98 Å². The maximum Gasteiger partial charge on any atom is 0.182 e. The van der Waals surface area contributed by atoms with Crippen molar-refractivity contribution in [1.82, 2.24) is 4.98 Å². The number of rotatable bonds is 0. The van der Waals surface area contributed by atoms with Crippen molar-refractivity contribution in [2.24, 2.45) is 0 Å². The first-order valence-electron chi connectivity index (χ1n) is 4.86. The van der Waals surface area contributed by atoms with E-state index in [0.717, 1.165) is 12.1 Å². The normalized spacial score (nSPS) is 11.1. The Balaban J connectivity index is 2.45. The molecule has 1 aliphatic heterocycles. The molecular formula is C12H6FNO3. The predicted octanol–water partition coefficient (Wildman–Crippen LogP) is 2.14. The van der Waals surface area contributed by atoms with E-state index in [1.807, 2.05) is 0 Å². The highest BCUT2D eigenvalue weighted by Crippen LogP contribution is 2.27. The van der Waals surface area contributed by atoms with E-state index < -0.39 is 11.6 Å². The molecular weight excluding hydrogens is 225 g/mol. The molecule has 17 heavy (non-hydrogen) atoms. The molecule has 5 heteroatoms. The summed E-state index contributed by atoms with van der Waals surface area (Å²) in [7, 11) is 0. The highest BCUT2D eigenvalue weighted by molar-refractivity contribution is 5.77. The van der Waals surface area contributed by atoms with E-state index in [1.165, 1.54) is 18.2 Å². The Labute approximate surface area is 94.3 Å². The number of hydrogen-bond donors (Lipinski definition) is 1. The standard InChI is InChI=1S/C12H6FNO3/c13-7-4-9-12(5-10(7)16)17-11-3-6(15)1-2-8(11)14-9/h1-5,16H. The van der Waals surface area contributed by atoms with Gasteiger partial charge in [-0.1, -0.05) is 0 Å². The monoisotopic (exact) mass is 231 g/mol. The summed E-state index contributed by atoms with van der Waals surface area (Å²) in [5.74, 6) is -0.975. The number of phenolic OH excluding ortho intramolecular Hbond substituents is 1. The van der Waals surface area contributed by atoms with E-state index in [0.29, 0.717) is 11.5 Å². The number of nitrogens with zero attached hydrogens (tertiary/aromatic N) is 1. The number of aromatic nitrogens is 1. The molecule has 3 rings (SSSR count). The van der Waals surface area contributed by atoms with Crippen LogP contribution in [0.3, 0.4) is 0 Å². The van der Waals surface area contributed by atoms with Gasteiger partial charge in [-0.25, -0.2) is 9.37 Å². The first-order valence-corrected chi connectivity index (χ1v) is 4.86. The lowest BCUT2D eigenvalue weighted by Gasteiger charge is -2.05. The molecule has 0 saturated heterocycles. The molecule has 1 aromatic rings. The SMILES string of the molecule is O=c1ccc2nc3cc(F)c(O)cc3oc-2c1. The minimum Gasteiger partial charge on any atom is -0.505 e. The number of aromatic hydroxyl groups is 1. The fraction of sp³-hybridized carbons (Fsp3) is 0. The summed E-state index contributed by atoms with van der Waals surface area (Å²) < 4.78 is 18.5. The number of benzene rings is 2. The highest BCUT2D eigenvalue weighted by Gasteiger charge is 2.11. The van der Waals surface area contributed by atoms with Crippen LogP contribution in [0.4, 0.5) is 4.39 Å². The summed E-state index contributed by atoms with van der Waals surface area (Å²) in [6.45, 7) is 0. The topological polar surface area (TPSA) is 63.3 Å². The minimum absolute atomic E-state index is 0.200. The zero-order valence-electron chi connectivity index (χ0n) is 8.48. The molecule has 2 aliphatic rings. The third-order valence-electron chi connectivity index (χ3n) is 2.42. The molecule has 0 unspecified atom stereocenters. The van der Waals surface area contributed by atoms with Gasteiger partial charge in [0.05, 0.1) is 0 Å². The van der Waals surface area contributed by atoms with E-state index in [-0.39, 0.29) is 16.5 Å². The molecule has 0 amide bonds. The molecule has 0 atom stereocenters. The van der Waals surface area contributed by atoms with Gasteiger partial charge in [-0.05, 0) is 12.1 Å². The average molecular weight is 231 g/mol. The average Bonchev–Trinajstić information content (AvgIpc) is 2.28. The lowest BCUT2D eigenvalue weighted by Crippen LogP contribution is -1.99. The number of phenols is 1. The minimum atomic E-state index is -0.764. The van der Waals surface area contributed by atoms with Gasteiger partial charge in [-0.15, -0.1) is 0 Å². The van der Waals surface area contributed by atoms with Crippen molar-refractivity contribution in [1.29, 1.82) is 0 Å². The van der Waals surface area contributed by atoms with Crippen LogP contribution in [0.2, 0.25) is 0 Å². The van der Waals surface area contributed by atoms with E-state index in [4.69, 9.17) is 4.42 Å². The second-order valence-electron chi connectivity index (χ2n) is 3.61. The van der Waals surface area contributed by atoms with Gasteiger partial charge in [0.2, 0.25) is 0 Å². The van der Waals surface area contributed by atoms with Crippen molar-refractivity contribution < 1.29 is 13.9 Å². The van der Waals surface area contributed by atoms with E-state index in [1.54, 1.807) is 0 Å². The van der Waals surface area contributed by atoms with Crippen molar-refractivity contribution in [3.63, 3.8) is 0 Å². The Bertz CT molecular complexity index is 751. The van der Waals surface area contributed by atoms with Crippen molar-refractivity contribution in [3.8, 4) is 17.2 Å². The van der Waals surface area contributed by atoms with Crippen LogP contribution in [0.25, 0.3) is 22.6 Å².